The van der Waals surface area contributed by atoms with Crippen LogP contribution in [0.1, 0.15) is 10.5 Å². The van der Waals surface area contributed by atoms with Crippen molar-refractivity contribution in [2.75, 3.05) is 7.11 Å². The van der Waals surface area contributed by atoms with Gasteiger partial charge in [0.25, 0.3) is 5.56 Å². The van der Waals surface area contributed by atoms with Crippen LogP contribution in [0.3, 0.4) is 0 Å². The number of nitrogens with one attached hydrogen (secondary N) is 1. The van der Waals surface area contributed by atoms with Crippen molar-refractivity contribution >= 4 is 21.9 Å². The molecule has 0 atom stereocenters. The van der Waals surface area contributed by atoms with Gasteiger partial charge in [-0.15, -0.1) is 0 Å². The quantitative estimate of drug-likeness (QED) is 0.899. The molecule has 0 amide bonds. The highest BCUT2D eigenvalue weighted by Gasteiger charge is 2.11. The van der Waals surface area contributed by atoms with Crippen molar-refractivity contribution in [2.45, 2.75) is 0 Å². The van der Waals surface area contributed by atoms with Crippen LogP contribution in [-0.4, -0.2) is 28.2 Å². The summed E-state index contributed by atoms with van der Waals surface area (Å²) in [6.45, 7) is 0. The maximum Gasteiger partial charge on any atom is 0.354 e. The van der Waals surface area contributed by atoms with Gasteiger partial charge in [-0.2, -0.15) is 0 Å². The molecule has 0 fully saturated rings. The molecule has 1 heterocycles. The molecule has 2 aromatic rings. The maximum atomic E-state index is 11.4. The summed E-state index contributed by atoms with van der Waals surface area (Å²) < 4.78 is 5.76. The zero-order valence-corrected chi connectivity index (χ0v) is 11.4. The molecule has 2 rings (SSSR count). The summed E-state index contributed by atoms with van der Waals surface area (Å²) in [5.41, 5.74) is -0.243. The van der Waals surface area contributed by atoms with Crippen LogP contribution < -0.4 is 10.3 Å². The Morgan fingerprint density at radius 1 is 1.42 bits per heavy atom. The Labute approximate surface area is 116 Å². The Morgan fingerprint density at radius 2 is 2.16 bits per heavy atom. The van der Waals surface area contributed by atoms with Crippen molar-refractivity contribution < 1.29 is 14.6 Å². The average Bonchev–Trinajstić information content (AvgIpc) is 2.37. The molecule has 2 N–H and O–H groups in total. The summed E-state index contributed by atoms with van der Waals surface area (Å²) in [5.74, 6) is -0.436. The average molecular weight is 325 g/mol. The molecule has 0 aliphatic rings. The molecule has 0 aliphatic carbocycles. The number of aromatic nitrogens is 2. The number of benzene rings is 1. The lowest BCUT2D eigenvalue weighted by Crippen LogP contribution is -2.13. The second-order valence-corrected chi connectivity index (χ2v) is 4.49. The maximum absolute atomic E-state index is 11.4. The molecular formula is C12H9BrN2O4. The third-order valence-corrected chi connectivity index (χ3v) is 3.01. The van der Waals surface area contributed by atoms with E-state index in [0.29, 0.717) is 15.8 Å². The van der Waals surface area contributed by atoms with Crippen molar-refractivity contribution in [3.8, 4) is 17.1 Å². The molecule has 0 spiro atoms. The van der Waals surface area contributed by atoms with Crippen LogP contribution in [-0.2, 0) is 0 Å². The van der Waals surface area contributed by atoms with Gasteiger partial charge in [-0.1, -0.05) is 0 Å². The number of aromatic amines is 1. The van der Waals surface area contributed by atoms with Gasteiger partial charge in [-0.25, -0.2) is 9.78 Å². The summed E-state index contributed by atoms with van der Waals surface area (Å²) in [5, 5.41) is 8.87. The first-order valence-corrected chi connectivity index (χ1v) is 5.99. The van der Waals surface area contributed by atoms with Gasteiger partial charge >= 0.3 is 5.97 Å². The molecule has 1 aromatic heterocycles. The van der Waals surface area contributed by atoms with Gasteiger partial charge < -0.3 is 14.8 Å². The van der Waals surface area contributed by atoms with E-state index in [9.17, 15) is 9.59 Å². The zero-order chi connectivity index (χ0) is 14.0. The normalized spacial score (nSPS) is 10.2. The smallest absolute Gasteiger partial charge is 0.354 e. The number of aromatic carboxylic acids is 1. The van der Waals surface area contributed by atoms with Gasteiger partial charge in [-0.3, -0.25) is 4.79 Å². The molecular weight excluding hydrogens is 316 g/mol. The standard InChI is InChI=1S/C12H9BrN2O4/c1-19-9-3-2-6(4-7(9)13)11-14-8(12(17)18)5-10(16)15-11/h2-5H,1H3,(H,17,18)(H,14,15,16). The second kappa shape index (κ2) is 5.23. The summed E-state index contributed by atoms with van der Waals surface area (Å²) in [6.07, 6.45) is 0. The third-order valence-electron chi connectivity index (χ3n) is 2.39. The Bertz CT molecular complexity index is 696. The van der Waals surface area contributed by atoms with E-state index in [1.54, 1.807) is 18.2 Å². The van der Waals surface area contributed by atoms with Crippen molar-refractivity contribution in [2.24, 2.45) is 0 Å². The number of carbonyl (C=O) groups is 1. The van der Waals surface area contributed by atoms with E-state index >= 15 is 0 Å². The number of ether oxygens (including phenoxy) is 1. The molecule has 6 nitrogen and oxygen atoms in total. The summed E-state index contributed by atoms with van der Waals surface area (Å²) in [4.78, 5) is 28.6. The topological polar surface area (TPSA) is 92.3 Å². The highest BCUT2D eigenvalue weighted by atomic mass is 79.9. The summed E-state index contributed by atoms with van der Waals surface area (Å²) in [6, 6.07) is 5.98. The van der Waals surface area contributed by atoms with E-state index in [0.717, 1.165) is 6.07 Å². The molecule has 98 valence electrons. The van der Waals surface area contributed by atoms with Crippen LogP contribution >= 0.6 is 15.9 Å². The van der Waals surface area contributed by atoms with Gasteiger partial charge in [0.15, 0.2) is 5.69 Å². The van der Waals surface area contributed by atoms with E-state index < -0.39 is 11.5 Å². The predicted octanol–water partition coefficient (Wildman–Crippen LogP) is 1.91. The fourth-order valence-electron chi connectivity index (χ4n) is 1.52. The number of hydrogen-bond acceptors (Lipinski definition) is 4. The molecule has 0 bridgehead atoms. The van der Waals surface area contributed by atoms with Crippen LogP contribution in [0.15, 0.2) is 33.5 Å². The van der Waals surface area contributed by atoms with E-state index in [1.165, 1.54) is 7.11 Å². The molecule has 0 saturated heterocycles. The molecule has 0 radical (unpaired) electrons. The molecule has 0 unspecified atom stereocenters. The van der Waals surface area contributed by atoms with Gasteiger partial charge in [-0.05, 0) is 34.1 Å². The lowest BCUT2D eigenvalue weighted by Gasteiger charge is -2.06. The van der Waals surface area contributed by atoms with E-state index in [2.05, 4.69) is 25.9 Å². The van der Waals surface area contributed by atoms with Crippen molar-refractivity contribution in [3.63, 3.8) is 0 Å². The van der Waals surface area contributed by atoms with Crippen LogP contribution in [0.5, 0.6) is 5.75 Å². The first-order chi connectivity index (χ1) is 9.01. The third kappa shape index (κ3) is 2.82. The van der Waals surface area contributed by atoms with Crippen LogP contribution in [0.25, 0.3) is 11.4 Å². The van der Waals surface area contributed by atoms with E-state index in [4.69, 9.17) is 9.84 Å². The molecule has 0 aliphatic heterocycles. The monoisotopic (exact) mass is 324 g/mol. The number of carboxylic acids is 1. The highest BCUT2D eigenvalue weighted by molar-refractivity contribution is 9.10. The molecule has 1 aromatic carbocycles. The van der Waals surface area contributed by atoms with Gasteiger partial charge in [0.05, 0.1) is 11.6 Å². The van der Waals surface area contributed by atoms with Crippen molar-refractivity contribution in [1.82, 2.24) is 9.97 Å². The van der Waals surface area contributed by atoms with Crippen molar-refractivity contribution in [3.05, 3.63) is 44.8 Å². The first kappa shape index (κ1) is 13.3. The van der Waals surface area contributed by atoms with Crippen LogP contribution in [0.2, 0.25) is 0 Å². The highest BCUT2D eigenvalue weighted by Crippen LogP contribution is 2.28. The van der Waals surface area contributed by atoms with E-state index in [-0.39, 0.29) is 11.5 Å². The number of H-pyrrole nitrogens is 1. The summed E-state index contributed by atoms with van der Waals surface area (Å²) >= 11 is 3.31. The molecule has 19 heavy (non-hydrogen) atoms. The fraction of sp³-hybridized carbons (Fsp3) is 0.0833. The number of hydrogen-bond donors (Lipinski definition) is 2. The van der Waals surface area contributed by atoms with E-state index in [1.807, 2.05) is 0 Å². The second-order valence-electron chi connectivity index (χ2n) is 3.63. The van der Waals surface area contributed by atoms with Gasteiger partial charge in [0, 0.05) is 11.6 Å². The Morgan fingerprint density at radius 3 is 2.74 bits per heavy atom. The molecule has 7 heteroatoms. The lowest BCUT2D eigenvalue weighted by atomic mass is 10.2. The largest absolute Gasteiger partial charge is 0.496 e. The fourth-order valence-corrected chi connectivity index (χ4v) is 2.06. The lowest BCUT2D eigenvalue weighted by molar-refractivity contribution is 0.0690. The SMILES string of the molecule is COc1ccc(-c2nc(C(=O)O)cc(=O)[nH]2)cc1Br. The predicted molar refractivity (Wildman–Crippen MR) is 71.5 cm³/mol. The molecule has 0 saturated carbocycles. The number of rotatable bonds is 3. The number of nitrogens with zero attached hydrogens (tertiary/aromatic N) is 1. The van der Waals surface area contributed by atoms with Gasteiger partial charge in [0.1, 0.15) is 11.6 Å². The minimum atomic E-state index is -1.25. The zero-order valence-electron chi connectivity index (χ0n) is 9.81. The van der Waals surface area contributed by atoms with Crippen LogP contribution in [0.4, 0.5) is 0 Å². The van der Waals surface area contributed by atoms with Crippen LogP contribution in [0, 0.1) is 0 Å². The minimum Gasteiger partial charge on any atom is -0.496 e. The van der Waals surface area contributed by atoms with Gasteiger partial charge in [0.2, 0.25) is 0 Å². The first-order valence-electron chi connectivity index (χ1n) is 5.20. The number of carboxylic acid groups (broad SMARTS) is 1. The Hall–Kier alpha value is -2.15. The van der Waals surface area contributed by atoms with Crippen molar-refractivity contribution in [1.29, 1.82) is 0 Å². The summed E-state index contributed by atoms with van der Waals surface area (Å²) in [7, 11) is 1.53. The Balaban J connectivity index is 2.55. The number of halogens is 1. The number of methoxy groups -OCH3 is 1. The Kier molecular flexibility index (Phi) is 3.66. The minimum absolute atomic E-state index is 0.188.